The van der Waals surface area contributed by atoms with Crippen molar-refractivity contribution < 1.29 is 9.59 Å². The highest BCUT2D eigenvalue weighted by Crippen LogP contribution is 2.32. The van der Waals surface area contributed by atoms with Gasteiger partial charge in [-0.15, -0.1) is 0 Å². The topological polar surface area (TPSA) is 70.5 Å². The molecule has 7 nitrogen and oxygen atoms in total. The number of halogens is 1. The lowest BCUT2D eigenvalue weighted by molar-refractivity contribution is -0.120. The van der Waals surface area contributed by atoms with Gasteiger partial charge in [0.2, 0.25) is 5.91 Å². The van der Waals surface area contributed by atoms with Crippen molar-refractivity contribution in [3.8, 4) is 11.4 Å². The summed E-state index contributed by atoms with van der Waals surface area (Å²) >= 11 is 6.42. The molecular weight excluding hydrogens is 510 g/mol. The number of carbonyl (C=O) groups excluding carboxylic acids is 2. The van der Waals surface area contributed by atoms with Crippen molar-refractivity contribution in [2.24, 2.45) is 7.05 Å². The molecule has 3 aromatic carbocycles. The number of benzene rings is 3. The minimum atomic E-state index is -0.406. The zero-order chi connectivity index (χ0) is 27.1. The van der Waals surface area contributed by atoms with E-state index in [2.05, 4.69) is 70.7 Å². The van der Waals surface area contributed by atoms with Gasteiger partial charge in [0.05, 0.1) is 6.20 Å². The largest absolute Gasteiger partial charge is 0.329 e. The monoisotopic (exact) mass is 539 g/mol. The van der Waals surface area contributed by atoms with Gasteiger partial charge in [-0.05, 0) is 39.9 Å². The van der Waals surface area contributed by atoms with Gasteiger partial charge in [0.25, 0.3) is 0 Å². The van der Waals surface area contributed by atoms with Crippen LogP contribution in [0.2, 0.25) is 5.02 Å². The Labute approximate surface area is 233 Å². The molecule has 0 bridgehead atoms. The number of urea groups is 1. The van der Waals surface area contributed by atoms with Gasteiger partial charge in [0.1, 0.15) is 11.6 Å². The second-order valence-electron chi connectivity index (χ2n) is 10.4. The fourth-order valence-corrected chi connectivity index (χ4v) is 5.89. The first-order valence-corrected chi connectivity index (χ1v) is 13.6. The molecule has 198 valence electrons. The molecule has 4 aromatic rings. The van der Waals surface area contributed by atoms with Crippen LogP contribution in [0.25, 0.3) is 11.4 Å². The van der Waals surface area contributed by atoms with E-state index < -0.39 is 6.03 Å². The number of imidazole rings is 1. The minimum Gasteiger partial charge on any atom is -0.314 e. The first-order valence-electron chi connectivity index (χ1n) is 13.2. The Morgan fingerprint density at radius 1 is 1.00 bits per heavy atom. The van der Waals surface area contributed by atoms with Gasteiger partial charge in [-0.2, -0.15) is 0 Å². The number of nitrogens with zero attached hydrogens (tertiary/aromatic N) is 4. The lowest BCUT2D eigenvalue weighted by Crippen LogP contribution is -2.50. The molecule has 1 atom stereocenters. The van der Waals surface area contributed by atoms with Gasteiger partial charge < -0.3 is 4.57 Å². The van der Waals surface area contributed by atoms with E-state index in [-0.39, 0.29) is 18.2 Å². The smallest absolute Gasteiger partial charge is 0.314 e. The minimum absolute atomic E-state index is 0.237. The molecule has 8 heteroatoms. The summed E-state index contributed by atoms with van der Waals surface area (Å²) in [6.07, 6.45) is 1.98. The van der Waals surface area contributed by atoms with Crippen LogP contribution in [-0.4, -0.2) is 32.9 Å². The molecule has 3 heterocycles. The van der Waals surface area contributed by atoms with Gasteiger partial charge in [-0.3, -0.25) is 19.9 Å². The zero-order valence-electron chi connectivity index (χ0n) is 22.0. The van der Waals surface area contributed by atoms with Crippen molar-refractivity contribution in [1.29, 1.82) is 0 Å². The van der Waals surface area contributed by atoms with Crippen LogP contribution in [0.3, 0.4) is 0 Å². The summed E-state index contributed by atoms with van der Waals surface area (Å²) in [6, 6.07) is 23.0. The molecule has 1 fully saturated rings. The maximum atomic E-state index is 12.3. The predicted octanol–water partition coefficient (Wildman–Crippen LogP) is 5.85. The summed E-state index contributed by atoms with van der Waals surface area (Å²) in [5, 5.41) is 3.18. The molecule has 39 heavy (non-hydrogen) atoms. The summed E-state index contributed by atoms with van der Waals surface area (Å²) in [5.74, 6) is 1.45. The molecule has 3 amide bonds. The van der Waals surface area contributed by atoms with Crippen LogP contribution in [-0.2, 0) is 31.5 Å². The van der Waals surface area contributed by atoms with Crippen LogP contribution in [0.4, 0.5) is 10.6 Å². The number of carbonyl (C=O) groups is 2. The van der Waals surface area contributed by atoms with Crippen LogP contribution in [0, 0.1) is 0 Å². The Bertz CT molecular complexity index is 1560. The number of hydrogen-bond donors (Lipinski definition) is 1. The van der Waals surface area contributed by atoms with Gasteiger partial charge in [-0.25, -0.2) is 9.78 Å². The molecule has 6 rings (SSSR count). The third kappa shape index (κ3) is 4.95. The Kier molecular flexibility index (Phi) is 6.71. The SMILES string of the molecule is C[C@H](c1ccc(CN2Cc3ccc(-c4ncc(N5CCC(=O)NC5=O)n4C)cc3C2)cc1)c1ccccc1Cl. The Hall–Kier alpha value is -3.94. The van der Waals surface area contributed by atoms with Crippen LogP contribution < -0.4 is 10.2 Å². The molecule has 1 aromatic heterocycles. The third-order valence-corrected chi connectivity index (χ3v) is 8.15. The summed E-state index contributed by atoms with van der Waals surface area (Å²) < 4.78 is 1.91. The van der Waals surface area contributed by atoms with Crippen molar-refractivity contribution in [2.45, 2.75) is 38.9 Å². The molecule has 0 saturated carbocycles. The highest BCUT2D eigenvalue weighted by Gasteiger charge is 2.27. The third-order valence-electron chi connectivity index (χ3n) is 7.80. The van der Waals surface area contributed by atoms with E-state index in [0.29, 0.717) is 12.4 Å². The van der Waals surface area contributed by atoms with E-state index >= 15 is 0 Å². The van der Waals surface area contributed by atoms with Gasteiger partial charge in [0, 0.05) is 56.2 Å². The van der Waals surface area contributed by atoms with Crippen molar-refractivity contribution in [2.75, 3.05) is 11.4 Å². The number of hydrogen-bond acceptors (Lipinski definition) is 4. The summed E-state index contributed by atoms with van der Waals surface area (Å²) in [4.78, 5) is 32.5. The Balaban J connectivity index is 1.13. The van der Waals surface area contributed by atoms with Crippen molar-refractivity contribution in [3.05, 3.63) is 106 Å². The molecule has 1 N–H and O–H groups in total. The summed E-state index contributed by atoms with van der Waals surface area (Å²) in [5.41, 5.74) is 7.31. The fraction of sp³-hybridized carbons (Fsp3) is 0.258. The van der Waals surface area contributed by atoms with Crippen LogP contribution in [0.15, 0.2) is 72.9 Å². The van der Waals surface area contributed by atoms with Crippen LogP contribution in [0.5, 0.6) is 0 Å². The van der Waals surface area contributed by atoms with E-state index in [0.717, 1.165) is 41.6 Å². The zero-order valence-corrected chi connectivity index (χ0v) is 22.8. The van der Waals surface area contributed by atoms with Crippen LogP contribution in [0.1, 0.15) is 47.1 Å². The molecule has 1 saturated heterocycles. The number of imide groups is 1. The number of fused-ring (bicyclic) bond motifs is 1. The highest BCUT2D eigenvalue weighted by atomic mass is 35.5. The van der Waals surface area contributed by atoms with E-state index in [4.69, 9.17) is 11.6 Å². The lowest BCUT2D eigenvalue weighted by atomic mass is 9.92. The van der Waals surface area contributed by atoms with Gasteiger partial charge in [0.15, 0.2) is 0 Å². The number of anilines is 1. The highest BCUT2D eigenvalue weighted by molar-refractivity contribution is 6.31. The van der Waals surface area contributed by atoms with Gasteiger partial charge >= 0.3 is 6.03 Å². The molecule has 0 aliphatic carbocycles. The number of rotatable bonds is 6. The predicted molar refractivity (Wildman–Crippen MR) is 153 cm³/mol. The van der Waals surface area contributed by atoms with Crippen molar-refractivity contribution in [3.63, 3.8) is 0 Å². The lowest BCUT2D eigenvalue weighted by Gasteiger charge is -2.26. The molecule has 0 spiro atoms. The van der Waals surface area contributed by atoms with E-state index in [9.17, 15) is 9.59 Å². The molecule has 0 radical (unpaired) electrons. The van der Waals surface area contributed by atoms with E-state index in [1.807, 2.05) is 29.8 Å². The normalized spacial score (nSPS) is 16.3. The Morgan fingerprint density at radius 3 is 2.54 bits per heavy atom. The number of aromatic nitrogens is 2. The molecule has 0 unspecified atom stereocenters. The fourth-order valence-electron chi connectivity index (χ4n) is 5.59. The molecule has 2 aliphatic heterocycles. The second-order valence-corrected chi connectivity index (χ2v) is 10.8. The first kappa shape index (κ1) is 25.3. The number of nitrogens with one attached hydrogen (secondary N) is 1. The summed E-state index contributed by atoms with van der Waals surface area (Å²) in [6.45, 7) is 5.19. The van der Waals surface area contributed by atoms with Gasteiger partial charge in [-0.1, -0.05) is 73.1 Å². The van der Waals surface area contributed by atoms with Crippen LogP contribution >= 0.6 is 11.6 Å². The van der Waals surface area contributed by atoms with E-state index in [1.165, 1.54) is 22.3 Å². The second kappa shape index (κ2) is 10.3. The summed E-state index contributed by atoms with van der Waals surface area (Å²) in [7, 11) is 1.90. The van der Waals surface area contributed by atoms with Crippen molar-refractivity contribution in [1.82, 2.24) is 19.8 Å². The van der Waals surface area contributed by atoms with E-state index in [1.54, 1.807) is 11.1 Å². The molecule has 2 aliphatic rings. The maximum absolute atomic E-state index is 12.3. The number of amides is 3. The standard InChI is InChI=1S/C31H30ClN5O2/c1-20(26-5-3-4-6-27(26)32)22-9-7-21(8-10-22)17-36-18-24-12-11-23(15-25(24)19-36)30-33-16-29(35(30)2)37-14-13-28(38)34-31(37)39/h3-12,15-16,20H,13-14,17-19H2,1-2H3,(H,34,38,39)/t20-/m1/s1. The average Bonchev–Trinajstić information content (AvgIpc) is 3.51. The first-order chi connectivity index (χ1) is 18.9. The Morgan fingerprint density at radius 2 is 1.77 bits per heavy atom. The molecular formula is C31H30ClN5O2. The quantitative estimate of drug-likeness (QED) is 0.333. The van der Waals surface area contributed by atoms with Crippen molar-refractivity contribution >= 4 is 29.4 Å². The maximum Gasteiger partial charge on any atom is 0.329 e. The average molecular weight is 540 g/mol.